The van der Waals surface area contributed by atoms with Crippen molar-refractivity contribution in [2.75, 3.05) is 7.11 Å². The van der Waals surface area contributed by atoms with Crippen LogP contribution in [-0.2, 0) is 9.53 Å². The molecular formula is C8H13NO2. The molecule has 0 heterocycles. The van der Waals surface area contributed by atoms with Gasteiger partial charge in [0.1, 0.15) is 0 Å². The summed E-state index contributed by atoms with van der Waals surface area (Å²) < 4.78 is 4.44. The molecular weight excluding hydrogens is 142 g/mol. The molecule has 0 rings (SSSR count). The SMILES string of the molecule is CCC[C@@H](C#N)CC(=O)OC. The zero-order valence-corrected chi connectivity index (χ0v) is 6.96. The fourth-order valence-electron chi connectivity index (χ4n) is 0.845. The highest BCUT2D eigenvalue weighted by Gasteiger charge is 2.11. The van der Waals surface area contributed by atoms with Crippen LogP contribution in [0.4, 0.5) is 0 Å². The first kappa shape index (κ1) is 9.96. The largest absolute Gasteiger partial charge is 0.469 e. The van der Waals surface area contributed by atoms with Crippen molar-refractivity contribution in [3.63, 3.8) is 0 Å². The van der Waals surface area contributed by atoms with Gasteiger partial charge in [-0.25, -0.2) is 0 Å². The Morgan fingerprint density at radius 2 is 2.36 bits per heavy atom. The molecule has 0 bridgehead atoms. The van der Waals surface area contributed by atoms with Crippen LogP contribution in [0.3, 0.4) is 0 Å². The molecule has 0 radical (unpaired) electrons. The van der Waals surface area contributed by atoms with Crippen LogP contribution in [0.15, 0.2) is 0 Å². The molecule has 3 heteroatoms. The molecule has 0 aromatic heterocycles. The Balaban J connectivity index is 3.70. The number of ether oxygens (including phenoxy) is 1. The fraction of sp³-hybridized carbons (Fsp3) is 0.750. The third-order valence-corrected chi connectivity index (χ3v) is 1.46. The second-order valence-electron chi connectivity index (χ2n) is 2.39. The summed E-state index contributed by atoms with van der Waals surface area (Å²) in [7, 11) is 1.34. The molecule has 0 saturated heterocycles. The summed E-state index contributed by atoms with van der Waals surface area (Å²) in [6.45, 7) is 1.99. The minimum absolute atomic E-state index is 0.174. The van der Waals surface area contributed by atoms with E-state index in [-0.39, 0.29) is 18.3 Å². The van der Waals surface area contributed by atoms with E-state index in [1.165, 1.54) is 7.11 Å². The van der Waals surface area contributed by atoms with Crippen molar-refractivity contribution in [3.05, 3.63) is 0 Å². The molecule has 0 fully saturated rings. The van der Waals surface area contributed by atoms with Gasteiger partial charge in [-0.15, -0.1) is 0 Å². The predicted molar refractivity (Wildman–Crippen MR) is 40.6 cm³/mol. The lowest BCUT2D eigenvalue weighted by molar-refractivity contribution is -0.141. The van der Waals surface area contributed by atoms with E-state index in [1.807, 2.05) is 6.92 Å². The van der Waals surface area contributed by atoms with Crippen molar-refractivity contribution in [3.8, 4) is 6.07 Å². The molecule has 1 atom stereocenters. The van der Waals surface area contributed by atoms with Crippen molar-refractivity contribution in [2.45, 2.75) is 26.2 Å². The van der Waals surface area contributed by atoms with E-state index in [0.717, 1.165) is 12.8 Å². The second-order valence-corrected chi connectivity index (χ2v) is 2.39. The highest BCUT2D eigenvalue weighted by Crippen LogP contribution is 2.09. The topological polar surface area (TPSA) is 50.1 Å². The van der Waals surface area contributed by atoms with Crippen molar-refractivity contribution in [2.24, 2.45) is 5.92 Å². The van der Waals surface area contributed by atoms with E-state index in [0.29, 0.717) is 0 Å². The zero-order chi connectivity index (χ0) is 8.69. The van der Waals surface area contributed by atoms with Crippen LogP contribution >= 0.6 is 0 Å². The summed E-state index contributed by atoms with van der Waals surface area (Å²) in [5, 5.41) is 8.54. The Kier molecular flexibility index (Phi) is 5.18. The zero-order valence-electron chi connectivity index (χ0n) is 6.96. The lowest BCUT2D eigenvalue weighted by atomic mass is 10.0. The first-order valence-corrected chi connectivity index (χ1v) is 3.71. The average molecular weight is 155 g/mol. The van der Waals surface area contributed by atoms with Crippen molar-refractivity contribution >= 4 is 5.97 Å². The molecule has 0 aromatic carbocycles. The molecule has 0 saturated carbocycles. The van der Waals surface area contributed by atoms with Gasteiger partial charge in [0.05, 0.1) is 25.5 Å². The van der Waals surface area contributed by atoms with Crippen LogP contribution < -0.4 is 0 Å². The van der Waals surface area contributed by atoms with Gasteiger partial charge < -0.3 is 4.74 Å². The maximum absolute atomic E-state index is 10.7. The standard InChI is InChI=1S/C8H13NO2/c1-3-4-7(6-9)5-8(10)11-2/h7H,3-5H2,1-2H3/t7-/m1/s1. The highest BCUT2D eigenvalue weighted by molar-refractivity contribution is 5.69. The number of hydrogen-bond donors (Lipinski definition) is 0. The van der Waals surface area contributed by atoms with Gasteiger partial charge in [0.2, 0.25) is 0 Å². The average Bonchev–Trinajstić information content (AvgIpc) is 2.03. The quantitative estimate of drug-likeness (QED) is 0.578. The predicted octanol–water partition coefficient (Wildman–Crippen LogP) is 1.49. The van der Waals surface area contributed by atoms with E-state index < -0.39 is 0 Å². The van der Waals surface area contributed by atoms with Gasteiger partial charge in [0.15, 0.2) is 0 Å². The Labute approximate surface area is 67.0 Å². The van der Waals surface area contributed by atoms with E-state index in [9.17, 15) is 4.79 Å². The van der Waals surface area contributed by atoms with Crippen LogP contribution in [0.25, 0.3) is 0 Å². The Morgan fingerprint density at radius 1 is 1.73 bits per heavy atom. The summed E-state index contributed by atoms with van der Waals surface area (Å²) >= 11 is 0. The number of methoxy groups -OCH3 is 1. The Hall–Kier alpha value is -1.04. The van der Waals surface area contributed by atoms with E-state index in [4.69, 9.17) is 5.26 Å². The van der Waals surface area contributed by atoms with Crippen LogP contribution in [-0.4, -0.2) is 13.1 Å². The first-order valence-electron chi connectivity index (χ1n) is 3.71. The molecule has 11 heavy (non-hydrogen) atoms. The van der Waals surface area contributed by atoms with Crippen molar-refractivity contribution in [1.82, 2.24) is 0 Å². The molecule has 0 aliphatic rings. The lowest BCUT2D eigenvalue weighted by Crippen LogP contribution is -2.07. The van der Waals surface area contributed by atoms with Gasteiger partial charge in [-0.1, -0.05) is 13.3 Å². The van der Waals surface area contributed by atoms with Gasteiger partial charge in [-0.05, 0) is 6.42 Å². The number of nitrogens with zero attached hydrogens (tertiary/aromatic N) is 1. The number of rotatable bonds is 4. The van der Waals surface area contributed by atoms with Crippen LogP contribution in [0.2, 0.25) is 0 Å². The molecule has 0 spiro atoms. The van der Waals surface area contributed by atoms with E-state index in [1.54, 1.807) is 0 Å². The number of esters is 1. The van der Waals surface area contributed by atoms with Gasteiger partial charge in [0, 0.05) is 0 Å². The van der Waals surface area contributed by atoms with Crippen molar-refractivity contribution < 1.29 is 9.53 Å². The monoisotopic (exact) mass is 155 g/mol. The Bertz CT molecular complexity index is 160. The number of carbonyl (C=O) groups is 1. The maximum atomic E-state index is 10.7. The van der Waals surface area contributed by atoms with Crippen LogP contribution in [0.1, 0.15) is 26.2 Å². The summed E-state index contributed by atoms with van der Waals surface area (Å²) in [6.07, 6.45) is 1.92. The summed E-state index contributed by atoms with van der Waals surface area (Å²) in [6, 6.07) is 2.07. The lowest BCUT2D eigenvalue weighted by Gasteiger charge is -2.03. The smallest absolute Gasteiger partial charge is 0.306 e. The number of hydrogen-bond acceptors (Lipinski definition) is 3. The third-order valence-electron chi connectivity index (χ3n) is 1.46. The van der Waals surface area contributed by atoms with Crippen molar-refractivity contribution in [1.29, 1.82) is 5.26 Å². The summed E-state index contributed by atoms with van der Waals surface area (Å²) in [4.78, 5) is 10.7. The molecule has 62 valence electrons. The van der Waals surface area contributed by atoms with E-state index in [2.05, 4.69) is 10.8 Å². The van der Waals surface area contributed by atoms with Crippen LogP contribution in [0, 0.1) is 17.2 Å². The molecule has 0 aliphatic carbocycles. The van der Waals surface area contributed by atoms with E-state index >= 15 is 0 Å². The second kappa shape index (κ2) is 5.72. The van der Waals surface area contributed by atoms with Gasteiger partial charge >= 0.3 is 5.97 Å². The molecule has 3 nitrogen and oxygen atoms in total. The molecule has 0 aromatic rings. The summed E-state index contributed by atoms with van der Waals surface area (Å²) in [5.41, 5.74) is 0. The Morgan fingerprint density at radius 3 is 2.73 bits per heavy atom. The first-order chi connectivity index (χ1) is 5.24. The summed E-state index contributed by atoms with van der Waals surface area (Å²) in [5.74, 6) is -0.475. The molecule has 0 amide bonds. The van der Waals surface area contributed by atoms with Gasteiger partial charge in [0.25, 0.3) is 0 Å². The minimum atomic E-state index is -0.301. The molecule has 0 aliphatic heterocycles. The molecule has 0 N–H and O–H groups in total. The maximum Gasteiger partial charge on any atom is 0.306 e. The fourth-order valence-corrected chi connectivity index (χ4v) is 0.845. The molecule has 0 unspecified atom stereocenters. The third kappa shape index (κ3) is 4.38. The van der Waals surface area contributed by atoms with Crippen LogP contribution in [0.5, 0.6) is 0 Å². The number of nitriles is 1. The normalized spacial score (nSPS) is 11.7. The highest BCUT2D eigenvalue weighted by atomic mass is 16.5. The van der Waals surface area contributed by atoms with Gasteiger partial charge in [-0.3, -0.25) is 4.79 Å². The number of carbonyl (C=O) groups excluding carboxylic acids is 1. The minimum Gasteiger partial charge on any atom is -0.469 e. The van der Waals surface area contributed by atoms with Gasteiger partial charge in [-0.2, -0.15) is 5.26 Å².